The molecular weight excluding hydrogens is 252 g/mol. The van der Waals surface area contributed by atoms with Crippen molar-refractivity contribution in [2.24, 2.45) is 0 Å². The van der Waals surface area contributed by atoms with Crippen molar-refractivity contribution in [1.29, 1.82) is 0 Å². The molecule has 0 aliphatic heterocycles. The van der Waals surface area contributed by atoms with Crippen LogP contribution in [0.25, 0.3) is 0 Å². The molecule has 1 aromatic rings. The van der Waals surface area contributed by atoms with Gasteiger partial charge in [-0.1, -0.05) is 34.1 Å². The van der Waals surface area contributed by atoms with Gasteiger partial charge in [0, 0.05) is 4.47 Å². The smallest absolute Gasteiger partial charge is 0.0793 e. The first-order valence-electron chi connectivity index (χ1n) is 5.12. The molecular formula is C13H17BrO. The molecule has 0 aliphatic rings. The van der Waals surface area contributed by atoms with Gasteiger partial charge in [-0.25, -0.2) is 0 Å². The van der Waals surface area contributed by atoms with Crippen LogP contribution in [0.5, 0.6) is 0 Å². The van der Waals surface area contributed by atoms with Gasteiger partial charge in [0.15, 0.2) is 0 Å². The molecule has 15 heavy (non-hydrogen) atoms. The van der Waals surface area contributed by atoms with Crippen LogP contribution < -0.4 is 0 Å². The van der Waals surface area contributed by atoms with Crippen molar-refractivity contribution in [3.05, 3.63) is 46.0 Å². The van der Waals surface area contributed by atoms with Gasteiger partial charge in [0.2, 0.25) is 0 Å². The molecule has 0 fully saturated rings. The van der Waals surface area contributed by atoms with E-state index in [1.165, 1.54) is 11.1 Å². The molecule has 1 aromatic carbocycles. The van der Waals surface area contributed by atoms with Gasteiger partial charge < -0.3 is 5.11 Å². The van der Waals surface area contributed by atoms with Gasteiger partial charge in [-0.15, -0.1) is 6.58 Å². The molecule has 0 saturated heterocycles. The summed E-state index contributed by atoms with van der Waals surface area (Å²) in [5.74, 6) is 0. The maximum atomic E-state index is 9.93. The third kappa shape index (κ3) is 3.18. The highest BCUT2D eigenvalue weighted by Crippen LogP contribution is 2.27. The second kappa shape index (κ2) is 5.47. The van der Waals surface area contributed by atoms with E-state index in [9.17, 15) is 5.11 Å². The Hall–Kier alpha value is -0.600. The van der Waals surface area contributed by atoms with Gasteiger partial charge >= 0.3 is 0 Å². The molecule has 0 heterocycles. The number of aliphatic hydroxyl groups excluding tert-OH is 1. The SMILES string of the molecule is C=CCCC(O)c1cc(C)c(Br)c(C)c1. The highest BCUT2D eigenvalue weighted by Gasteiger charge is 2.09. The highest BCUT2D eigenvalue weighted by atomic mass is 79.9. The van der Waals surface area contributed by atoms with E-state index < -0.39 is 0 Å². The first kappa shape index (κ1) is 12.5. The molecule has 0 amide bonds. The Labute approximate surface area is 100.0 Å². The Kier molecular flexibility index (Phi) is 4.55. The molecule has 1 nitrogen and oxygen atoms in total. The maximum Gasteiger partial charge on any atom is 0.0793 e. The second-order valence-corrected chi connectivity index (χ2v) is 4.64. The first-order valence-corrected chi connectivity index (χ1v) is 5.91. The topological polar surface area (TPSA) is 20.2 Å². The fourth-order valence-corrected chi connectivity index (χ4v) is 1.84. The fraction of sp³-hybridized carbons (Fsp3) is 0.385. The predicted molar refractivity (Wildman–Crippen MR) is 68.0 cm³/mol. The van der Waals surface area contributed by atoms with Crippen LogP contribution >= 0.6 is 15.9 Å². The molecule has 1 unspecified atom stereocenters. The molecule has 1 N–H and O–H groups in total. The van der Waals surface area contributed by atoms with Crippen LogP contribution in [0.15, 0.2) is 29.3 Å². The molecule has 0 saturated carbocycles. The normalized spacial score (nSPS) is 12.5. The van der Waals surface area contributed by atoms with Crippen molar-refractivity contribution in [1.82, 2.24) is 0 Å². The first-order chi connectivity index (χ1) is 7.06. The minimum atomic E-state index is -0.381. The Morgan fingerprint density at radius 3 is 2.40 bits per heavy atom. The van der Waals surface area contributed by atoms with E-state index in [2.05, 4.69) is 22.5 Å². The average molecular weight is 269 g/mol. The van der Waals surface area contributed by atoms with Crippen LogP contribution in [-0.4, -0.2) is 5.11 Å². The number of benzene rings is 1. The Morgan fingerprint density at radius 1 is 1.40 bits per heavy atom. The summed E-state index contributed by atoms with van der Waals surface area (Å²) in [5.41, 5.74) is 3.33. The van der Waals surface area contributed by atoms with Crippen LogP contribution in [-0.2, 0) is 0 Å². The number of halogens is 1. The Balaban J connectivity index is 2.90. The fourth-order valence-electron chi connectivity index (χ4n) is 1.61. The molecule has 1 rings (SSSR count). The molecule has 0 spiro atoms. The summed E-state index contributed by atoms with van der Waals surface area (Å²) >= 11 is 3.52. The van der Waals surface area contributed by atoms with E-state index in [0.29, 0.717) is 0 Å². The average Bonchev–Trinajstić information content (AvgIpc) is 2.21. The van der Waals surface area contributed by atoms with E-state index in [-0.39, 0.29) is 6.10 Å². The molecule has 0 aromatic heterocycles. The molecule has 0 aliphatic carbocycles. The third-order valence-electron chi connectivity index (χ3n) is 2.49. The zero-order chi connectivity index (χ0) is 11.4. The van der Waals surface area contributed by atoms with Gasteiger partial charge in [-0.3, -0.25) is 0 Å². The Bertz CT molecular complexity index is 335. The Morgan fingerprint density at radius 2 is 1.93 bits per heavy atom. The van der Waals surface area contributed by atoms with Crippen molar-refractivity contribution in [2.45, 2.75) is 32.8 Å². The molecule has 82 valence electrons. The van der Waals surface area contributed by atoms with Crippen LogP contribution in [0.1, 0.15) is 35.6 Å². The van der Waals surface area contributed by atoms with Gasteiger partial charge in [-0.2, -0.15) is 0 Å². The number of rotatable bonds is 4. The zero-order valence-electron chi connectivity index (χ0n) is 9.26. The highest BCUT2D eigenvalue weighted by molar-refractivity contribution is 9.10. The van der Waals surface area contributed by atoms with E-state index in [0.717, 1.165) is 22.9 Å². The molecule has 1 atom stereocenters. The summed E-state index contributed by atoms with van der Waals surface area (Å²) < 4.78 is 1.13. The number of allylic oxidation sites excluding steroid dienone is 1. The lowest BCUT2D eigenvalue weighted by Gasteiger charge is -2.13. The summed E-state index contributed by atoms with van der Waals surface area (Å²) in [7, 11) is 0. The minimum absolute atomic E-state index is 0.381. The second-order valence-electron chi connectivity index (χ2n) is 3.85. The summed E-state index contributed by atoms with van der Waals surface area (Å²) in [6, 6.07) is 4.07. The number of hydrogen-bond acceptors (Lipinski definition) is 1. The quantitative estimate of drug-likeness (QED) is 0.817. The molecule has 2 heteroatoms. The predicted octanol–water partition coefficient (Wildman–Crippen LogP) is 4.07. The van der Waals surface area contributed by atoms with Crippen molar-refractivity contribution in [2.75, 3.05) is 0 Å². The summed E-state index contributed by atoms with van der Waals surface area (Å²) in [4.78, 5) is 0. The monoisotopic (exact) mass is 268 g/mol. The maximum absolute atomic E-state index is 9.93. The summed E-state index contributed by atoms with van der Waals surface area (Å²) in [6.07, 6.45) is 3.04. The van der Waals surface area contributed by atoms with E-state index in [4.69, 9.17) is 0 Å². The van der Waals surface area contributed by atoms with E-state index in [1.54, 1.807) is 0 Å². The van der Waals surface area contributed by atoms with Crippen molar-refractivity contribution in [3.8, 4) is 0 Å². The lowest BCUT2D eigenvalue weighted by Crippen LogP contribution is -1.98. The van der Waals surface area contributed by atoms with Gasteiger partial charge in [0.1, 0.15) is 0 Å². The van der Waals surface area contributed by atoms with E-state index in [1.807, 2.05) is 32.1 Å². The van der Waals surface area contributed by atoms with E-state index >= 15 is 0 Å². The van der Waals surface area contributed by atoms with Gasteiger partial charge in [-0.05, 0) is 43.4 Å². The van der Waals surface area contributed by atoms with Crippen molar-refractivity contribution < 1.29 is 5.11 Å². The third-order valence-corrected chi connectivity index (χ3v) is 3.74. The summed E-state index contributed by atoms with van der Waals surface area (Å²) in [5, 5.41) is 9.93. The lowest BCUT2D eigenvalue weighted by atomic mass is 10.0. The zero-order valence-corrected chi connectivity index (χ0v) is 10.8. The lowest BCUT2D eigenvalue weighted by molar-refractivity contribution is 0.168. The number of hydrogen-bond donors (Lipinski definition) is 1. The number of aryl methyl sites for hydroxylation is 2. The van der Waals surface area contributed by atoms with Crippen LogP contribution in [0.4, 0.5) is 0 Å². The van der Waals surface area contributed by atoms with Crippen LogP contribution in [0.3, 0.4) is 0 Å². The van der Waals surface area contributed by atoms with Gasteiger partial charge in [0.25, 0.3) is 0 Å². The van der Waals surface area contributed by atoms with Crippen molar-refractivity contribution >= 4 is 15.9 Å². The van der Waals surface area contributed by atoms with Crippen LogP contribution in [0, 0.1) is 13.8 Å². The molecule has 0 radical (unpaired) electrons. The minimum Gasteiger partial charge on any atom is -0.388 e. The molecule has 0 bridgehead atoms. The van der Waals surface area contributed by atoms with Crippen LogP contribution in [0.2, 0.25) is 0 Å². The standard InChI is InChI=1S/C13H17BrO/c1-4-5-6-12(15)11-7-9(2)13(14)10(3)8-11/h4,7-8,12,15H,1,5-6H2,2-3H3. The summed E-state index contributed by atoms with van der Waals surface area (Å²) in [6.45, 7) is 7.74. The largest absolute Gasteiger partial charge is 0.388 e. The van der Waals surface area contributed by atoms with Crippen molar-refractivity contribution in [3.63, 3.8) is 0 Å². The number of aliphatic hydroxyl groups is 1. The van der Waals surface area contributed by atoms with Gasteiger partial charge in [0.05, 0.1) is 6.10 Å².